The third kappa shape index (κ3) is 3.02. The van der Waals surface area contributed by atoms with Crippen LogP contribution in [0.25, 0.3) is 22.9 Å². The summed E-state index contributed by atoms with van der Waals surface area (Å²) in [5.41, 5.74) is 3.17. The monoisotopic (exact) mass is 348 g/mol. The molecule has 7 nitrogen and oxygen atoms in total. The van der Waals surface area contributed by atoms with Gasteiger partial charge in [-0.25, -0.2) is 4.98 Å². The molecule has 0 atom stereocenters. The number of aromatic nitrogens is 3. The van der Waals surface area contributed by atoms with E-state index in [0.29, 0.717) is 23.0 Å². The number of benzene rings is 1. The molecule has 4 rings (SSSR count). The molecule has 1 aromatic carbocycles. The lowest BCUT2D eigenvalue weighted by molar-refractivity contribution is 0.102. The number of furan rings is 1. The van der Waals surface area contributed by atoms with Crippen LogP contribution in [0.1, 0.15) is 21.9 Å². The molecule has 7 heteroatoms. The van der Waals surface area contributed by atoms with E-state index in [9.17, 15) is 4.79 Å². The van der Waals surface area contributed by atoms with Crippen molar-refractivity contribution < 1.29 is 13.6 Å². The van der Waals surface area contributed by atoms with Crippen LogP contribution in [-0.2, 0) is 0 Å². The van der Waals surface area contributed by atoms with Crippen molar-refractivity contribution >= 4 is 11.6 Å². The SMILES string of the molecule is Cc1nc(-c2cccc(NC(=O)c3cc(-c4ccco4)[nH]n3)c2)oc1C. The largest absolute Gasteiger partial charge is 0.463 e. The van der Waals surface area contributed by atoms with Crippen molar-refractivity contribution in [2.45, 2.75) is 13.8 Å². The third-order valence-electron chi connectivity index (χ3n) is 3.99. The van der Waals surface area contributed by atoms with Crippen molar-refractivity contribution in [2.24, 2.45) is 0 Å². The van der Waals surface area contributed by atoms with E-state index in [4.69, 9.17) is 8.83 Å². The Hall–Kier alpha value is -3.61. The summed E-state index contributed by atoms with van der Waals surface area (Å²) < 4.78 is 10.9. The molecule has 3 aromatic heterocycles. The van der Waals surface area contributed by atoms with Crippen LogP contribution in [0.2, 0.25) is 0 Å². The number of hydrogen-bond donors (Lipinski definition) is 2. The van der Waals surface area contributed by atoms with Crippen LogP contribution in [0.3, 0.4) is 0 Å². The van der Waals surface area contributed by atoms with E-state index in [1.54, 1.807) is 30.5 Å². The van der Waals surface area contributed by atoms with Gasteiger partial charge in [0.1, 0.15) is 11.5 Å². The van der Waals surface area contributed by atoms with Crippen molar-refractivity contribution in [1.82, 2.24) is 15.2 Å². The molecule has 0 unspecified atom stereocenters. The van der Waals surface area contributed by atoms with E-state index in [2.05, 4.69) is 20.5 Å². The van der Waals surface area contributed by atoms with Crippen LogP contribution in [0.15, 0.2) is 57.6 Å². The molecule has 26 heavy (non-hydrogen) atoms. The van der Waals surface area contributed by atoms with Crippen LogP contribution >= 0.6 is 0 Å². The number of aromatic amines is 1. The quantitative estimate of drug-likeness (QED) is 0.576. The van der Waals surface area contributed by atoms with Gasteiger partial charge < -0.3 is 14.2 Å². The maximum absolute atomic E-state index is 12.4. The summed E-state index contributed by atoms with van der Waals surface area (Å²) >= 11 is 0. The summed E-state index contributed by atoms with van der Waals surface area (Å²) in [6.45, 7) is 3.76. The molecular weight excluding hydrogens is 332 g/mol. The minimum Gasteiger partial charge on any atom is -0.463 e. The number of hydrogen-bond acceptors (Lipinski definition) is 5. The van der Waals surface area contributed by atoms with Crippen LogP contribution < -0.4 is 5.32 Å². The molecule has 3 heterocycles. The number of nitrogens with one attached hydrogen (secondary N) is 2. The number of H-pyrrole nitrogens is 1. The van der Waals surface area contributed by atoms with E-state index in [-0.39, 0.29) is 11.6 Å². The second kappa shape index (κ2) is 6.36. The van der Waals surface area contributed by atoms with Crippen molar-refractivity contribution in [3.05, 3.63) is 65.9 Å². The average Bonchev–Trinajstić information content (AvgIpc) is 3.36. The average molecular weight is 348 g/mol. The Balaban J connectivity index is 1.54. The van der Waals surface area contributed by atoms with E-state index in [1.165, 1.54) is 0 Å². The summed E-state index contributed by atoms with van der Waals surface area (Å²) in [6, 6.07) is 12.5. The third-order valence-corrected chi connectivity index (χ3v) is 3.99. The fraction of sp³-hybridized carbons (Fsp3) is 0.105. The highest BCUT2D eigenvalue weighted by molar-refractivity contribution is 6.03. The highest BCUT2D eigenvalue weighted by atomic mass is 16.4. The summed E-state index contributed by atoms with van der Waals surface area (Å²) in [4.78, 5) is 16.8. The van der Waals surface area contributed by atoms with Crippen molar-refractivity contribution in [2.75, 3.05) is 5.32 Å². The zero-order valence-electron chi connectivity index (χ0n) is 14.2. The Morgan fingerprint density at radius 3 is 2.77 bits per heavy atom. The molecule has 4 aromatic rings. The van der Waals surface area contributed by atoms with Crippen LogP contribution in [0, 0.1) is 13.8 Å². The molecule has 130 valence electrons. The molecule has 0 aliphatic carbocycles. The van der Waals surface area contributed by atoms with Crippen LogP contribution in [0.5, 0.6) is 0 Å². The van der Waals surface area contributed by atoms with E-state index >= 15 is 0 Å². The molecule has 0 saturated carbocycles. The first-order valence-electron chi connectivity index (χ1n) is 8.05. The van der Waals surface area contributed by atoms with E-state index in [0.717, 1.165) is 17.0 Å². The lowest BCUT2D eigenvalue weighted by atomic mass is 10.2. The van der Waals surface area contributed by atoms with Crippen molar-refractivity contribution in [3.63, 3.8) is 0 Å². The van der Waals surface area contributed by atoms with Gasteiger partial charge in [0, 0.05) is 17.3 Å². The van der Waals surface area contributed by atoms with Crippen molar-refractivity contribution in [1.29, 1.82) is 0 Å². The topological polar surface area (TPSA) is 97.0 Å². The molecule has 0 bridgehead atoms. The summed E-state index contributed by atoms with van der Waals surface area (Å²) in [7, 11) is 0. The number of carbonyl (C=O) groups is 1. The number of nitrogens with zero attached hydrogens (tertiary/aromatic N) is 2. The second-order valence-electron chi connectivity index (χ2n) is 5.84. The molecule has 0 spiro atoms. The fourth-order valence-corrected chi connectivity index (χ4v) is 2.52. The molecule has 1 amide bonds. The Morgan fingerprint density at radius 1 is 1.15 bits per heavy atom. The summed E-state index contributed by atoms with van der Waals surface area (Å²) in [5, 5.41) is 9.65. The Labute approximate surface area is 149 Å². The van der Waals surface area contributed by atoms with Crippen LogP contribution in [-0.4, -0.2) is 21.1 Å². The Bertz CT molecular complexity index is 1040. The normalized spacial score (nSPS) is 10.8. The van der Waals surface area contributed by atoms with Gasteiger partial charge in [-0.2, -0.15) is 5.10 Å². The number of oxazole rings is 1. The molecule has 0 saturated heterocycles. The van der Waals surface area contributed by atoms with Gasteiger partial charge >= 0.3 is 0 Å². The van der Waals surface area contributed by atoms with Gasteiger partial charge in [-0.1, -0.05) is 6.07 Å². The van der Waals surface area contributed by atoms with Gasteiger partial charge in [0.05, 0.1) is 12.0 Å². The molecule has 0 radical (unpaired) electrons. The lowest BCUT2D eigenvalue weighted by Gasteiger charge is -2.04. The predicted octanol–water partition coefficient (Wildman–Crippen LogP) is 4.19. The number of aryl methyl sites for hydroxylation is 2. The first-order valence-corrected chi connectivity index (χ1v) is 8.05. The minimum atomic E-state index is -0.323. The van der Waals surface area contributed by atoms with Crippen molar-refractivity contribution in [3.8, 4) is 22.9 Å². The highest BCUT2D eigenvalue weighted by Crippen LogP contribution is 2.24. The molecular formula is C19H16N4O3. The predicted molar refractivity (Wildman–Crippen MR) is 95.7 cm³/mol. The molecule has 0 fully saturated rings. The van der Waals surface area contributed by atoms with Gasteiger partial charge in [-0.3, -0.25) is 9.89 Å². The smallest absolute Gasteiger partial charge is 0.276 e. The number of amides is 1. The zero-order chi connectivity index (χ0) is 18.1. The summed E-state index contributed by atoms with van der Waals surface area (Å²) in [5.74, 6) is 1.59. The number of carbonyl (C=O) groups excluding carboxylic acids is 1. The van der Waals surface area contributed by atoms with Gasteiger partial charge in [-0.15, -0.1) is 0 Å². The maximum Gasteiger partial charge on any atom is 0.276 e. The van der Waals surface area contributed by atoms with E-state index < -0.39 is 0 Å². The molecule has 0 aliphatic heterocycles. The lowest BCUT2D eigenvalue weighted by Crippen LogP contribution is -2.12. The Morgan fingerprint density at radius 2 is 2.04 bits per heavy atom. The highest BCUT2D eigenvalue weighted by Gasteiger charge is 2.14. The first-order chi connectivity index (χ1) is 12.6. The zero-order valence-corrected chi connectivity index (χ0v) is 14.2. The van der Waals surface area contributed by atoms with Gasteiger partial charge in [0.2, 0.25) is 5.89 Å². The standard InChI is InChI=1S/C19H16N4O3/c1-11-12(2)26-19(20-11)13-5-3-6-14(9-13)21-18(24)16-10-15(22-23-16)17-7-4-8-25-17/h3-10H,1-2H3,(H,21,24)(H,22,23). The molecule has 0 aliphatic rings. The fourth-order valence-electron chi connectivity index (χ4n) is 2.52. The first kappa shape index (κ1) is 15.9. The maximum atomic E-state index is 12.4. The summed E-state index contributed by atoms with van der Waals surface area (Å²) in [6.07, 6.45) is 1.56. The number of rotatable bonds is 4. The minimum absolute atomic E-state index is 0.268. The second-order valence-corrected chi connectivity index (χ2v) is 5.84. The van der Waals surface area contributed by atoms with Gasteiger partial charge in [0.15, 0.2) is 11.5 Å². The Kier molecular flexibility index (Phi) is 3.89. The van der Waals surface area contributed by atoms with Crippen LogP contribution in [0.4, 0.5) is 5.69 Å². The number of anilines is 1. The molecule has 2 N–H and O–H groups in total. The van der Waals surface area contributed by atoms with Gasteiger partial charge in [0.25, 0.3) is 5.91 Å². The van der Waals surface area contributed by atoms with Gasteiger partial charge in [-0.05, 0) is 44.2 Å². The van der Waals surface area contributed by atoms with E-state index in [1.807, 2.05) is 32.0 Å².